The number of carboxylic acid groups (broad SMARTS) is 1. The maximum atomic E-state index is 11.8. The van der Waals surface area contributed by atoms with Gasteiger partial charge in [0.05, 0.1) is 5.92 Å². The highest BCUT2D eigenvalue weighted by Gasteiger charge is 2.18. The normalized spacial score (nSPS) is 13.2. The molecule has 2 unspecified atom stereocenters. The minimum atomic E-state index is -0.868. The molecular formula is C13H25N3O4. The van der Waals surface area contributed by atoms with Crippen molar-refractivity contribution in [3.05, 3.63) is 0 Å². The van der Waals surface area contributed by atoms with Crippen molar-refractivity contribution in [2.24, 2.45) is 11.8 Å². The minimum Gasteiger partial charge on any atom is -0.481 e. The van der Waals surface area contributed by atoms with Gasteiger partial charge in [-0.3, -0.25) is 9.59 Å². The molecule has 0 aromatic rings. The van der Waals surface area contributed by atoms with Gasteiger partial charge in [0.2, 0.25) is 5.91 Å². The molecule has 0 bridgehead atoms. The number of nitrogens with zero attached hydrogens (tertiary/aromatic N) is 1. The van der Waals surface area contributed by atoms with Crippen molar-refractivity contribution in [1.29, 1.82) is 0 Å². The third kappa shape index (κ3) is 6.96. The first-order valence-corrected chi connectivity index (χ1v) is 6.74. The summed E-state index contributed by atoms with van der Waals surface area (Å²) in [5.41, 5.74) is 0. The summed E-state index contributed by atoms with van der Waals surface area (Å²) in [4.78, 5) is 35.3. The number of rotatable bonds is 8. The van der Waals surface area contributed by atoms with Crippen LogP contribution in [-0.4, -0.2) is 55.1 Å². The van der Waals surface area contributed by atoms with E-state index in [9.17, 15) is 14.4 Å². The Morgan fingerprint density at radius 2 is 1.90 bits per heavy atom. The number of amides is 3. The second kappa shape index (κ2) is 9.17. The third-order valence-electron chi connectivity index (χ3n) is 3.17. The molecule has 0 heterocycles. The van der Waals surface area contributed by atoms with E-state index in [1.54, 1.807) is 21.0 Å². The number of carbonyl (C=O) groups is 3. The lowest BCUT2D eigenvalue weighted by molar-refractivity contribution is -0.138. The van der Waals surface area contributed by atoms with Crippen LogP contribution < -0.4 is 10.6 Å². The molecule has 0 rings (SSSR count). The Morgan fingerprint density at radius 3 is 2.35 bits per heavy atom. The second-order valence-electron chi connectivity index (χ2n) is 4.95. The van der Waals surface area contributed by atoms with Crippen LogP contribution in [0.15, 0.2) is 0 Å². The van der Waals surface area contributed by atoms with Crippen LogP contribution in [0.1, 0.15) is 26.7 Å². The second-order valence-corrected chi connectivity index (χ2v) is 4.95. The molecule has 0 radical (unpaired) electrons. The molecule has 7 nitrogen and oxygen atoms in total. The summed E-state index contributed by atoms with van der Waals surface area (Å²) in [6.07, 6.45) is 0.722. The van der Waals surface area contributed by atoms with Crippen LogP contribution in [0.5, 0.6) is 0 Å². The van der Waals surface area contributed by atoms with Gasteiger partial charge in [0.25, 0.3) is 0 Å². The standard InChI is InChI=1S/C13H25N3O4/c1-5-10(6-11(17)18)7-15-13(20)16(4)8-9(2)12(19)14-3/h9-10H,5-8H2,1-4H3,(H,14,19)(H,15,20)(H,17,18). The van der Waals surface area contributed by atoms with Gasteiger partial charge in [0.15, 0.2) is 0 Å². The molecule has 3 N–H and O–H groups in total. The van der Waals surface area contributed by atoms with Crippen LogP contribution in [0.2, 0.25) is 0 Å². The molecule has 0 aromatic carbocycles. The molecule has 0 aliphatic rings. The molecule has 3 amide bonds. The van der Waals surface area contributed by atoms with Gasteiger partial charge in [-0.05, 0) is 5.92 Å². The summed E-state index contributed by atoms with van der Waals surface area (Å²) < 4.78 is 0. The van der Waals surface area contributed by atoms with Crippen molar-refractivity contribution in [2.45, 2.75) is 26.7 Å². The van der Waals surface area contributed by atoms with E-state index in [0.29, 0.717) is 19.5 Å². The molecule has 0 aromatic heterocycles. The van der Waals surface area contributed by atoms with E-state index >= 15 is 0 Å². The molecule has 0 saturated heterocycles. The SMILES string of the molecule is CCC(CNC(=O)N(C)CC(C)C(=O)NC)CC(=O)O. The van der Waals surface area contributed by atoms with Crippen molar-refractivity contribution in [2.75, 3.05) is 27.2 Å². The average Bonchev–Trinajstić information content (AvgIpc) is 2.41. The first-order chi connectivity index (χ1) is 9.31. The van der Waals surface area contributed by atoms with E-state index in [1.165, 1.54) is 4.90 Å². The Morgan fingerprint density at radius 1 is 1.30 bits per heavy atom. The van der Waals surface area contributed by atoms with E-state index in [4.69, 9.17) is 5.11 Å². The van der Waals surface area contributed by atoms with Crippen molar-refractivity contribution in [3.8, 4) is 0 Å². The van der Waals surface area contributed by atoms with Crippen LogP contribution in [0, 0.1) is 11.8 Å². The molecule has 0 aliphatic heterocycles. The lowest BCUT2D eigenvalue weighted by Crippen LogP contribution is -2.43. The van der Waals surface area contributed by atoms with Gasteiger partial charge in [-0.1, -0.05) is 20.3 Å². The molecule has 0 fully saturated rings. The summed E-state index contributed by atoms with van der Waals surface area (Å²) in [6.45, 7) is 4.25. The lowest BCUT2D eigenvalue weighted by Gasteiger charge is -2.22. The minimum absolute atomic E-state index is 0.0368. The number of carboxylic acids is 1. The highest BCUT2D eigenvalue weighted by Crippen LogP contribution is 2.07. The number of carbonyl (C=O) groups excluding carboxylic acids is 2. The number of nitrogens with one attached hydrogen (secondary N) is 2. The number of hydrogen-bond donors (Lipinski definition) is 3. The van der Waals surface area contributed by atoms with E-state index in [0.717, 1.165) is 0 Å². The van der Waals surface area contributed by atoms with Gasteiger partial charge in [-0.2, -0.15) is 0 Å². The topological polar surface area (TPSA) is 98.7 Å². The Bertz CT molecular complexity index is 347. The van der Waals surface area contributed by atoms with Crippen LogP contribution in [0.4, 0.5) is 4.79 Å². The van der Waals surface area contributed by atoms with Gasteiger partial charge in [0.1, 0.15) is 0 Å². The lowest BCUT2D eigenvalue weighted by atomic mass is 10.0. The third-order valence-corrected chi connectivity index (χ3v) is 3.17. The zero-order chi connectivity index (χ0) is 15.7. The zero-order valence-corrected chi connectivity index (χ0v) is 12.6. The molecule has 0 saturated carbocycles. The van der Waals surface area contributed by atoms with Crippen molar-refractivity contribution >= 4 is 17.9 Å². The van der Waals surface area contributed by atoms with Crippen LogP contribution in [0.3, 0.4) is 0 Å². The first kappa shape index (κ1) is 18.2. The van der Waals surface area contributed by atoms with Crippen LogP contribution in [-0.2, 0) is 9.59 Å². The van der Waals surface area contributed by atoms with Gasteiger partial charge in [0, 0.05) is 33.6 Å². The zero-order valence-electron chi connectivity index (χ0n) is 12.6. The summed E-state index contributed by atoms with van der Waals surface area (Å²) in [5.74, 6) is -1.37. The van der Waals surface area contributed by atoms with Crippen LogP contribution >= 0.6 is 0 Å². The Balaban J connectivity index is 4.19. The summed E-state index contributed by atoms with van der Waals surface area (Å²) >= 11 is 0. The maximum absolute atomic E-state index is 11.8. The number of aliphatic carboxylic acids is 1. The molecule has 0 spiro atoms. The van der Waals surface area contributed by atoms with E-state index < -0.39 is 5.97 Å². The fourth-order valence-corrected chi connectivity index (χ4v) is 1.80. The molecule has 2 atom stereocenters. The largest absolute Gasteiger partial charge is 0.481 e. The van der Waals surface area contributed by atoms with Gasteiger partial charge >= 0.3 is 12.0 Å². The predicted octanol–water partition coefficient (Wildman–Crippen LogP) is 0.511. The fraction of sp³-hybridized carbons (Fsp3) is 0.769. The Kier molecular flexibility index (Phi) is 8.35. The molecule has 20 heavy (non-hydrogen) atoms. The monoisotopic (exact) mass is 287 g/mol. The highest BCUT2D eigenvalue weighted by molar-refractivity contribution is 5.79. The fourth-order valence-electron chi connectivity index (χ4n) is 1.80. The summed E-state index contributed by atoms with van der Waals surface area (Å²) in [6, 6.07) is -0.301. The highest BCUT2D eigenvalue weighted by atomic mass is 16.4. The van der Waals surface area contributed by atoms with Gasteiger partial charge in [-0.25, -0.2) is 4.79 Å². The molecule has 7 heteroatoms. The molecule has 116 valence electrons. The average molecular weight is 287 g/mol. The van der Waals surface area contributed by atoms with Crippen LogP contribution in [0.25, 0.3) is 0 Å². The van der Waals surface area contributed by atoms with Gasteiger partial charge in [-0.15, -0.1) is 0 Å². The van der Waals surface area contributed by atoms with E-state index in [1.807, 2.05) is 6.92 Å². The smallest absolute Gasteiger partial charge is 0.317 e. The predicted molar refractivity (Wildman–Crippen MR) is 75.3 cm³/mol. The molecular weight excluding hydrogens is 262 g/mol. The summed E-state index contributed by atoms with van der Waals surface area (Å²) in [5, 5.41) is 13.9. The maximum Gasteiger partial charge on any atom is 0.317 e. The van der Waals surface area contributed by atoms with E-state index in [2.05, 4.69) is 10.6 Å². The Hall–Kier alpha value is -1.79. The van der Waals surface area contributed by atoms with E-state index in [-0.39, 0.29) is 30.2 Å². The molecule has 0 aliphatic carbocycles. The number of urea groups is 1. The summed E-state index contributed by atoms with van der Waals surface area (Å²) in [7, 11) is 3.16. The van der Waals surface area contributed by atoms with Crippen molar-refractivity contribution < 1.29 is 19.5 Å². The van der Waals surface area contributed by atoms with Crippen molar-refractivity contribution in [3.63, 3.8) is 0 Å². The van der Waals surface area contributed by atoms with Crippen molar-refractivity contribution in [1.82, 2.24) is 15.5 Å². The first-order valence-electron chi connectivity index (χ1n) is 6.74. The Labute approximate surface area is 119 Å². The quantitative estimate of drug-likeness (QED) is 0.605. The van der Waals surface area contributed by atoms with Gasteiger partial charge < -0.3 is 20.6 Å². The number of hydrogen-bond acceptors (Lipinski definition) is 3.